The Balaban J connectivity index is 2.58. The van der Waals surface area contributed by atoms with E-state index in [2.05, 4.69) is 25.0 Å². The first-order chi connectivity index (χ1) is 7.77. The minimum Gasteiger partial charge on any atom is -0.319 e. The van der Waals surface area contributed by atoms with Crippen molar-refractivity contribution in [1.29, 1.82) is 0 Å². The predicted octanol–water partition coefficient (Wildman–Crippen LogP) is 1.16. The number of hydrogen-bond acceptors (Lipinski definition) is 3. The van der Waals surface area contributed by atoms with Crippen LogP contribution < -0.4 is 5.32 Å². The van der Waals surface area contributed by atoms with Gasteiger partial charge < -0.3 is 5.32 Å². The second-order valence-corrected chi connectivity index (χ2v) is 11.0. The van der Waals surface area contributed by atoms with Crippen molar-refractivity contribution in [1.82, 2.24) is 10.2 Å². The standard InChI is InChI=1S/C12H22N2O2Si/c1-9-8-11(15)14(12(9)16)7-6-10(13-2)17(3,4)5/h8,10,13H,6-7H2,1-5H3. The molecule has 0 bridgehead atoms. The van der Waals surface area contributed by atoms with E-state index in [1.165, 1.54) is 11.0 Å². The fourth-order valence-corrected chi connectivity index (χ4v) is 3.98. The van der Waals surface area contributed by atoms with Gasteiger partial charge in [-0.25, -0.2) is 0 Å². The molecule has 0 radical (unpaired) electrons. The van der Waals surface area contributed by atoms with Gasteiger partial charge in [-0.3, -0.25) is 14.5 Å². The summed E-state index contributed by atoms with van der Waals surface area (Å²) in [5, 5.41) is 3.30. The summed E-state index contributed by atoms with van der Waals surface area (Å²) < 4.78 is 0. The van der Waals surface area contributed by atoms with Crippen molar-refractivity contribution in [2.24, 2.45) is 0 Å². The molecule has 0 spiro atoms. The van der Waals surface area contributed by atoms with Gasteiger partial charge in [-0.15, -0.1) is 0 Å². The van der Waals surface area contributed by atoms with Crippen LogP contribution in [0, 0.1) is 0 Å². The molecular weight excluding hydrogens is 232 g/mol. The second kappa shape index (κ2) is 5.14. The molecule has 5 heteroatoms. The summed E-state index contributed by atoms with van der Waals surface area (Å²) in [5.74, 6) is -0.307. The Kier molecular flexibility index (Phi) is 4.27. The third kappa shape index (κ3) is 3.26. The minimum atomic E-state index is -1.30. The highest BCUT2D eigenvalue weighted by molar-refractivity contribution is 6.77. The second-order valence-electron chi connectivity index (χ2n) is 5.62. The molecule has 96 valence electrons. The zero-order valence-corrected chi connectivity index (χ0v) is 12.3. The fraction of sp³-hybridized carbons (Fsp3) is 0.667. The molecule has 4 nitrogen and oxygen atoms in total. The van der Waals surface area contributed by atoms with Gasteiger partial charge >= 0.3 is 0 Å². The number of rotatable bonds is 5. The van der Waals surface area contributed by atoms with Crippen LogP contribution in [0.5, 0.6) is 0 Å². The van der Waals surface area contributed by atoms with Crippen molar-refractivity contribution in [3.63, 3.8) is 0 Å². The largest absolute Gasteiger partial charge is 0.319 e. The van der Waals surface area contributed by atoms with Gasteiger partial charge in [0.25, 0.3) is 11.8 Å². The minimum absolute atomic E-state index is 0.138. The molecular formula is C12H22N2O2Si. The number of carbonyl (C=O) groups is 2. The van der Waals surface area contributed by atoms with Crippen molar-refractivity contribution in [3.8, 4) is 0 Å². The van der Waals surface area contributed by atoms with E-state index in [0.29, 0.717) is 17.8 Å². The molecule has 0 aromatic heterocycles. The van der Waals surface area contributed by atoms with Crippen molar-refractivity contribution in [2.75, 3.05) is 13.6 Å². The number of imide groups is 1. The topological polar surface area (TPSA) is 49.4 Å². The lowest BCUT2D eigenvalue weighted by Gasteiger charge is -2.29. The Hall–Kier alpha value is -0.943. The molecule has 1 aliphatic rings. The zero-order chi connectivity index (χ0) is 13.2. The summed E-state index contributed by atoms with van der Waals surface area (Å²) >= 11 is 0. The van der Waals surface area contributed by atoms with Gasteiger partial charge in [0.05, 0.1) is 8.07 Å². The van der Waals surface area contributed by atoms with E-state index in [1.54, 1.807) is 6.92 Å². The lowest BCUT2D eigenvalue weighted by atomic mass is 10.3. The number of nitrogens with one attached hydrogen (secondary N) is 1. The molecule has 0 aliphatic carbocycles. The van der Waals surface area contributed by atoms with Gasteiger partial charge in [0, 0.05) is 23.9 Å². The van der Waals surface area contributed by atoms with Crippen molar-refractivity contribution < 1.29 is 9.59 Å². The average Bonchev–Trinajstić information content (AvgIpc) is 2.43. The SMILES string of the molecule is CNC(CCN1C(=O)C=C(C)C1=O)[Si](C)(C)C. The molecule has 0 saturated heterocycles. The smallest absolute Gasteiger partial charge is 0.256 e. The van der Waals surface area contributed by atoms with Crippen LogP contribution >= 0.6 is 0 Å². The molecule has 0 aromatic rings. The lowest BCUT2D eigenvalue weighted by molar-refractivity contribution is -0.137. The van der Waals surface area contributed by atoms with Crippen LogP contribution in [0.15, 0.2) is 11.6 Å². The Bertz CT molecular complexity index is 358. The summed E-state index contributed by atoms with van der Waals surface area (Å²) in [5.41, 5.74) is 0.966. The van der Waals surface area contributed by atoms with Gasteiger partial charge in [0.15, 0.2) is 0 Å². The quantitative estimate of drug-likeness (QED) is 0.591. The average molecular weight is 254 g/mol. The van der Waals surface area contributed by atoms with Gasteiger partial charge in [-0.05, 0) is 20.4 Å². The summed E-state index contributed by atoms with van der Waals surface area (Å²) in [6.07, 6.45) is 2.26. The molecule has 1 heterocycles. The summed E-state index contributed by atoms with van der Waals surface area (Å²) in [6.45, 7) is 9.05. The third-order valence-electron chi connectivity index (χ3n) is 3.22. The van der Waals surface area contributed by atoms with E-state index in [0.717, 1.165) is 6.42 Å². The Labute approximate surface area is 104 Å². The Morgan fingerprint density at radius 1 is 1.35 bits per heavy atom. The Morgan fingerprint density at radius 2 is 1.94 bits per heavy atom. The maximum absolute atomic E-state index is 11.7. The molecule has 1 atom stereocenters. The maximum Gasteiger partial charge on any atom is 0.256 e. The van der Waals surface area contributed by atoms with Crippen molar-refractivity contribution >= 4 is 19.9 Å². The molecule has 0 aromatic carbocycles. The van der Waals surface area contributed by atoms with Crippen LogP contribution in [0.1, 0.15) is 13.3 Å². The molecule has 0 saturated carbocycles. The van der Waals surface area contributed by atoms with Crippen LogP contribution in [0.4, 0.5) is 0 Å². The summed E-state index contributed by atoms with van der Waals surface area (Å²) in [4.78, 5) is 24.6. The molecule has 1 rings (SSSR count). The highest BCUT2D eigenvalue weighted by Gasteiger charge is 2.31. The molecule has 1 aliphatic heterocycles. The van der Waals surface area contributed by atoms with Gasteiger partial charge in [0.2, 0.25) is 0 Å². The molecule has 1 N–H and O–H groups in total. The van der Waals surface area contributed by atoms with E-state index in [9.17, 15) is 9.59 Å². The molecule has 2 amide bonds. The first-order valence-electron chi connectivity index (χ1n) is 5.98. The highest BCUT2D eigenvalue weighted by Crippen LogP contribution is 2.16. The normalized spacial score (nSPS) is 18.6. The zero-order valence-electron chi connectivity index (χ0n) is 11.3. The van der Waals surface area contributed by atoms with Gasteiger partial charge in [-0.2, -0.15) is 0 Å². The van der Waals surface area contributed by atoms with Crippen molar-refractivity contribution in [3.05, 3.63) is 11.6 Å². The molecule has 17 heavy (non-hydrogen) atoms. The number of amides is 2. The number of nitrogens with zero attached hydrogens (tertiary/aromatic N) is 1. The van der Waals surface area contributed by atoms with E-state index >= 15 is 0 Å². The van der Waals surface area contributed by atoms with E-state index in [1.807, 2.05) is 7.05 Å². The van der Waals surface area contributed by atoms with E-state index in [-0.39, 0.29) is 11.8 Å². The number of carbonyl (C=O) groups excluding carboxylic acids is 2. The number of hydrogen-bond donors (Lipinski definition) is 1. The molecule has 0 fully saturated rings. The lowest BCUT2D eigenvalue weighted by Crippen LogP contribution is -2.49. The monoisotopic (exact) mass is 254 g/mol. The first kappa shape index (κ1) is 14.1. The van der Waals surface area contributed by atoms with E-state index < -0.39 is 8.07 Å². The molecule has 1 unspecified atom stereocenters. The van der Waals surface area contributed by atoms with Crippen LogP contribution in [0.25, 0.3) is 0 Å². The first-order valence-corrected chi connectivity index (χ1v) is 9.56. The highest BCUT2D eigenvalue weighted by atomic mass is 28.3. The third-order valence-corrected chi connectivity index (χ3v) is 5.89. The summed E-state index contributed by atoms with van der Waals surface area (Å²) in [7, 11) is 0.647. The fourth-order valence-electron chi connectivity index (χ4n) is 2.12. The van der Waals surface area contributed by atoms with Crippen molar-refractivity contribution in [2.45, 2.75) is 38.7 Å². The van der Waals surface area contributed by atoms with Crippen LogP contribution in [-0.4, -0.2) is 44.0 Å². The summed E-state index contributed by atoms with van der Waals surface area (Å²) in [6, 6.07) is 0. The van der Waals surface area contributed by atoms with Gasteiger partial charge in [-0.1, -0.05) is 19.6 Å². The van der Waals surface area contributed by atoms with Crippen LogP contribution in [-0.2, 0) is 9.59 Å². The predicted molar refractivity (Wildman–Crippen MR) is 71.3 cm³/mol. The Morgan fingerprint density at radius 3 is 2.29 bits per heavy atom. The van der Waals surface area contributed by atoms with E-state index in [4.69, 9.17) is 0 Å². The van der Waals surface area contributed by atoms with Crippen LogP contribution in [0.2, 0.25) is 19.6 Å². The maximum atomic E-state index is 11.7. The van der Waals surface area contributed by atoms with Crippen LogP contribution in [0.3, 0.4) is 0 Å². The van der Waals surface area contributed by atoms with Gasteiger partial charge in [0.1, 0.15) is 0 Å².